The molecule has 8 nitrogen and oxygen atoms in total. The zero-order chi connectivity index (χ0) is 26.5. The monoisotopic (exact) mass is 541 g/mol. The Morgan fingerprint density at radius 3 is 2.61 bits per heavy atom. The van der Waals surface area contributed by atoms with Gasteiger partial charge in [0, 0.05) is 36.3 Å². The molecule has 2 aromatic carbocycles. The van der Waals surface area contributed by atoms with Crippen molar-refractivity contribution in [2.24, 2.45) is 0 Å². The van der Waals surface area contributed by atoms with Crippen molar-refractivity contribution in [3.05, 3.63) is 47.5 Å². The second-order valence-electron chi connectivity index (χ2n) is 9.91. The smallest absolute Gasteiger partial charge is 0.236 e. The van der Waals surface area contributed by atoms with E-state index < -0.39 is 5.82 Å². The van der Waals surface area contributed by atoms with Crippen molar-refractivity contribution in [2.45, 2.75) is 57.1 Å². The van der Waals surface area contributed by atoms with E-state index in [4.69, 9.17) is 21.1 Å². The van der Waals surface area contributed by atoms with E-state index >= 15 is 0 Å². The molecule has 10 heteroatoms. The summed E-state index contributed by atoms with van der Waals surface area (Å²) in [5.41, 5.74) is 1.30. The van der Waals surface area contributed by atoms with Crippen LogP contribution in [0.3, 0.4) is 0 Å². The molecule has 202 valence electrons. The minimum atomic E-state index is -0.483. The molecular formula is C28H33ClFN5O3. The van der Waals surface area contributed by atoms with Crippen LogP contribution in [-0.4, -0.2) is 59.7 Å². The quantitative estimate of drug-likeness (QED) is 0.391. The normalized spacial score (nSPS) is 19.8. The number of fused-ring (bicyclic) bond motifs is 1. The zero-order valence-electron chi connectivity index (χ0n) is 21.5. The number of anilines is 2. The highest BCUT2D eigenvalue weighted by atomic mass is 35.5. The zero-order valence-corrected chi connectivity index (χ0v) is 22.3. The van der Waals surface area contributed by atoms with Gasteiger partial charge in [0.05, 0.1) is 30.3 Å². The summed E-state index contributed by atoms with van der Waals surface area (Å²) in [5, 5.41) is 7.43. The van der Waals surface area contributed by atoms with E-state index in [-0.39, 0.29) is 17.0 Å². The fourth-order valence-corrected chi connectivity index (χ4v) is 5.36. The van der Waals surface area contributed by atoms with Crippen molar-refractivity contribution in [1.82, 2.24) is 20.2 Å². The molecule has 1 aromatic heterocycles. The van der Waals surface area contributed by atoms with Crippen molar-refractivity contribution in [3.8, 4) is 11.5 Å². The van der Waals surface area contributed by atoms with Gasteiger partial charge in [0.25, 0.3) is 0 Å². The molecule has 3 aromatic rings. The van der Waals surface area contributed by atoms with Gasteiger partial charge in [0.1, 0.15) is 18.0 Å². The molecule has 2 fully saturated rings. The van der Waals surface area contributed by atoms with Crippen LogP contribution in [0.2, 0.25) is 5.02 Å². The highest BCUT2D eigenvalue weighted by molar-refractivity contribution is 6.31. The average Bonchev–Trinajstić information content (AvgIpc) is 2.95. The number of halogens is 2. The van der Waals surface area contributed by atoms with Gasteiger partial charge in [-0.05, 0) is 69.2 Å². The Morgan fingerprint density at radius 2 is 1.87 bits per heavy atom. The number of hydrogen-bond donors (Lipinski definition) is 2. The van der Waals surface area contributed by atoms with Crippen LogP contribution in [0.25, 0.3) is 10.9 Å². The van der Waals surface area contributed by atoms with Crippen molar-refractivity contribution in [3.63, 3.8) is 0 Å². The maximum Gasteiger partial charge on any atom is 0.236 e. The summed E-state index contributed by atoms with van der Waals surface area (Å²) in [6, 6.07) is 8.44. The maximum atomic E-state index is 13.6. The van der Waals surface area contributed by atoms with E-state index in [9.17, 15) is 9.18 Å². The molecule has 1 aliphatic heterocycles. The number of carbonyl (C=O) groups excluding carboxylic acids is 1. The Labute approximate surface area is 226 Å². The van der Waals surface area contributed by atoms with Crippen LogP contribution in [-0.2, 0) is 4.79 Å². The summed E-state index contributed by atoms with van der Waals surface area (Å²) in [7, 11) is 1.61. The summed E-state index contributed by atoms with van der Waals surface area (Å²) in [6.07, 6.45) is 8.56. The topological polar surface area (TPSA) is 88.6 Å². The van der Waals surface area contributed by atoms with Crippen molar-refractivity contribution in [1.29, 1.82) is 0 Å². The lowest BCUT2D eigenvalue weighted by atomic mass is 9.93. The standard InChI is InChI=1S/C28H33ClFN5O3/c1-37-25-15-24-21(28(33-17-32-24)34-19-7-10-23(30)22(29)13-19)14-26(25)38-20-8-5-18(6-9-20)31-16-27(36)35-11-3-2-4-12-35/h7,10,13-15,17-18,20,31H,2-6,8-9,11-12,16H2,1H3,(H,32,33,34)/t18-,20+. The molecule has 0 radical (unpaired) electrons. The number of rotatable bonds is 8. The first kappa shape index (κ1) is 26.4. The number of nitrogens with zero attached hydrogens (tertiary/aromatic N) is 3. The van der Waals surface area contributed by atoms with E-state index in [1.807, 2.05) is 17.0 Å². The van der Waals surface area contributed by atoms with Crippen molar-refractivity contribution < 1.29 is 18.7 Å². The molecule has 0 unspecified atom stereocenters. The van der Waals surface area contributed by atoms with Crippen molar-refractivity contribution >= 4 is 39.9 Å². The summed E-state index contributed by atoms with van der Waals surface area (Å²) in [6.45, 7) is 2.17. The van der Waals surface area contributed by atoms with E-state index in [2.05, 4.69) is 20.6 Å². The third-order valence-corrected chi connectivity index (χ3v) is 7.61. The van der Waals surface area contributed by atoms with Crippen LogP contribution in [0.5, 0.6) is 11.5 Å². The summed E-state index contributed by atoms with van der Waals surface area (Å²) in [4.78, 5) is 23.2. The molecule has 0 spiro atoms. The average molecular weight is 542 g/mol. The van der Waals surface area contributed by atoms with E-state index in [0.29, 0.717) is 41.1 Å². The number of likely N-dealkylation sites (tertiary alicyclic amines) is 1. The van der Waals surface area contributed by atoms with Gasteiger partial charge in [-0.15, -0.1) is 0 Å². The highest BCUT2D eigenvalue weighted by Crippen LogP contribution is 2.37. The first-order valence-corrected chi connectivity index (χ1v) is 13.6. The Morgan fingerprint density at radius 1 is 1.08 bits per heavy atom. The molecule has 0 bridgehead atoms. The molecule has 2 N–H and O–H groups in total. The second-order valence-corrected chi connectivity index (χ2v) is 10.3. The van der Waals surface area contributed by atoms with Crippen LogP contribution in [0.4, 0.5) is 15.9 Å². The van der Waals surface area contributed by atoms with Gasteiger partial charge in [-0.2, -0.15) is 0 Å². The third kappa shape index (κ3) is 6.27. The lowest BCUT2D eigenvalue weighted by Crippen LogP contribution is -2.45. The van der Waals surface area contributed by atoms with Gasteiger partial charge in [-0.3, -0.25) is 4.79 Å². The molecule has 0 atom stereocenters. The fraction of sp³-hybridized carbons (Fsp3) is 0.464. The van der Waals surface area contributed by atoms with Gasteiger partial charge >= 0.3 is 0 Å². The SMILES string of the molecule is COc1cc2ncnc(Nc3ccc(F)c(Cl)c3)c2cc1O[C@H]1CC[C@@H](NCC(=O)N2CCCCC2)CC1. The van der Waals surface area contributed by atoms with E-state index in [1.54, 1.807) is 13.2 Å². The Bertz CT molecular complexity index is 1280. The predicted octanol–water partition coefficient (Wildman–Crippen LogP) is 5.47. The van der Waals surface area contributed by atoms with Gasteiger partial charge in [-0.25, -0.2) is 14.4 Å². The number of amides is 1. The number of nitrogens with one attached hydrogen (secondary N) is 2. The largest absolute Gasteiger partial charge is 0.493 e. The molecule has 1 amide bonds. The first-order chi connectivity index (χ1) is 18.5. The van der Waals surface area contributed by atoms with Crippen LogP contribution >= 0.6 is 11.6 Å². The summed E-state index contributed by atoms with van der Waals surface area (Å²) >= 11 is 5.94. The Balaban J connectivity index is 1.23. The highest BCUT2D eigenvalue weighted by Gasteiger charge is 2.25. The fourth-order valence-electron chi connectivity index (χ4n) is 5.18. The Kier molecular flexibility index (Phi) is 8.44. The molecule has 1 saturated heterocycles. The number of piperidine rings is 1. The van der Waals surface area contributed by atoms with Crippen molar-refractivity contribution in [2.75, 3.05) is 32.1 Å². The molecule has 2 heterocycles. The van der Waals surface area contributed by atoms with Gasteiger partial charge < -0.3 is 25.0 Å². The first-order valence-electron chi connectivity index (χ1n) is 13.2. The lowest BCUT2D eigenvalue weighted by Gasteiger charge is -2.31. The van der Waals surface area contributed by atoms with E-state index in [1.165, 1.54) is 24.9 Å². The molecule has 1 saturated carbocycles. The molecule has 38 heavy (non-hydrogen) atoms. The third-order valence-electron chi connectivity index (χ3n) is 7.32. The molecule has 1 aliphatic carbocycles. The van der Waals surface area contributed by atoms with Gasteiger partial charge in [0.2, 0.25) is 5.91 Å². The number of hydrogen-bond acceptors (Lipinski definition) is 7. The predicted molar refractivity (Wildman–Crippen MR) is 146 cm³/mol. The number of aromatic nitrogens is 2. The summed E-state index contributed by atoms with van der Waals surface area (Å²) < 4.78 is 25.6. The van der Waals surface area contributed by atoms with Crippen LogP contribution in [0.15, 0.2) is 36.7 Å². The minimum Gasteiger partial charge on any atom is -0.493 e. The lowest BCUT2D eigenvalue weighted by molar-refractivity contribution is -0.131. The minimum absolute atomic E-state index is 0.0278. The van der Waals surface area contributed by atoms with Gasteiger partial charge in [0.15, 0.2) is 11.5 Å². The number of methoxy groups -OCH3 is 1. The summed E-state index contributed by atoms with van der Waals surface area (Å²) in [5.74, 6) is 1.49. The molecular weight excluding hydrogens is 509 g/mol. The second kappa shape index (κ2) is 12.1. The number of ether oxygens (including phenoxy) is 2. The maximum absolute atomic E-state index is 13.6. The number of carbonyl (C=O) groups is 1. The molecule has 2 aliphatic rings. The Hall–Kier alpha value is -3.17. The van der Waals surface area contributed by atoms with E-state index in [0.717, 1.165) is 57.0 Å². The van der Waals surface area contributed by atoms with Crippen LogP contribution in [0, 0.1) is 5.82 Å². The van der Waals surface area contributed by atoms with Gasteiger partial charge in [-0.1, -0.05) is 11.6 Å². The molecule has 5 rings (SSSR count). The van der Waals surface area contributed by atoms with Crippen LogP contribution in [0.1, 0.15) is 44.9 Å². The number of benzene rings is 2. The van der Waals surface area contributed by atoms with Crippen LogP contribution < -0.4 is 20.1 Å².